The topological polar surface area (TPSA) is 74.6 Å². The van der Waals surface area contributed by atoms with Crippen molar-refractivity contribution in [3.05, 3.63) is 36.0 Å². The molecule has 0 aliphatic rings. The summed E-state index contributed by atoms with van der Waals surface area (Å²) in [6.07, 6.45) is -3.02. The van der Waals surface area contributed by atoms with E-state index in [1.54, 1.807) is 18.2 Å². The van der Waals surface area contributed by atoms with Crippen molar-refractivity contribution < 1.29 is 32.2 Å². The number of carbonyl (C=O) groups excluding carboxylic acids is 1. The van der Waals surface area contributed by atoms with Gasteiger partial charge >= 0.3 is 6.18 Å². The number of rotatable bonds is 8. The Morgan fingerprint density at radius 2 is 2.00 bits per heavy atom. The highest BCUT2D eigenvalue weighted by Gasteiger charge is 2.27. The molecule has 0 atom stereocenters. The SMILES string of the molecule is COc1cccc(Cn2nccc2NC(=O)COCC(F)(F)F)c1OC. The molecule has 0 aliphatic carbocycles. The minimum atomic E-state index is -4.48. The third kappa shape index (κ3) is 5.38. The Bertz CT molecular complexity index is 747. The molecule has 0 spiro atoms. The van der Waals surface area contributed by atoms with Gasteiger partial charge in [-0.25, -0.2) is 4.68 Å². The normalized spacial score (nSPS) is 11.3. The number of alkyl halides is 3. The van der Waals surface area contributed by atoms with Crippen LogP contribution < -0.4 is 14.8 Å². The number of methoxy groups -OCH3 is 2. The van der Waals surface area contributed by atoms with Gasteiger partial charge < -0.3 is 19.5 Å². The van der Waals surface area contributed by atoms with Gasteiger partial charge in [-0.05, 0) is 6.07 Å². The minimum Gasteiger partial charge on any atom is -0.493 e. The van der Waals surface area contributed by atoms with E-state index in [1.807, 2.05) is 0 Å². The third-order valence-electron chi connectivity index (χ3n) is 3.29. The number of hydrogen-bond donors (Lipinski definition) is 1. The Balaban J connectivity index is 2.04. The average molecular weight is 373 g/mol. The molecular formula is C16H18F3N3O4. The van der Waals surface area contributed by atoms with Crippen LogP contribution in [0.3, 0.4) is 0 Å². The molecule has 1 heterocycles. The smallest absolute Gasteiger partial charge is 0.411 e. The molecule has 0 saturated heterocycles. The van der Waals surface area contributed by atoms with Crippen molar-refractivity contribution in [1.82, 2.24) is 9.78 Å². The van der Waals surface area contributed by atoms with Crippen molar-refractivity contribution in [2.45, 2.75) is 12.7 Å². The Labute approximate surface area is 147 Å². The zero-order chi connectivity index (χ0) is 19.2. The summed E-state index contributed by atoms with van der Waals surface area (Å²) in [4.78, 5) is 11.7. The summed E-state index contributed by atoms with van der Waals surface area (Å²) in [6.45, 7) is -1.94. The molecule has 0 fully saturated rings. The highest BCUT2D eigenvalue weighted by Crippen LogP contribution is 2.31. The fraction of sp³-hybridized carbons (Fsp3) is 0.375. The summed E-state index contributed by atoms with van der Waals surface area (Å²) in [5.41, 5.74) is 0.749. The lowest BCUT2D eigenvalue weighted by Gasteiger charge is -2.14. The first-order chi connectivity index (χ1) is 12.3. The lowest BCUT2D eigenvalue weighted by atomic mass is 10.2. The van der Waals surface area contributed by atoms with Gasteiger partial charge in [0.15, 0.2) is 11.5 Å². The van der Waals surface area contributed by atoms with E-state index in [0.29, 0.717) is 17.3 Å². The molecule has 0 bridgehead atoms. The molecule has 7 nitrogen and oxygen atoms in total. The molecule has 0 aliphatic heterocycles. The Kier molecular flexibility index (Phi) is 6.45. The van der Waals surface area contributed by atoms with Crippen molar-refractivity contribution >= 4 is 11.7 Å². The van der Waals surface area contributed by atoms with Gasteiger partial charge in [0, 0.05) is 11.6 Å². The molecule has 26 heavy (non-hydrogen) atoms. The first kappa shape index (κ1) is 19.6. The van der Waals surface area contributed by atoms with Gasteiger partial charge in [0.2, 0.25) is 0 Å². The van der Waals surface area contributed by atoms with Crippen LogP contribution in [-0.4, -0.2) is 49.3 Å². The number of anilines is 1. The fourth-order valence-electron chi connectivity index (χ4n) is 2.24. The van der Waals surface area contributed by atoms with Crippen LogP contribution >= 0.6 is 0 Å². The standard InChI is InChI=1S/C16H18F3N3O4/c1-24-12-5-3-4-11(15(12)25-2)8-22-13(6-7-20-22)21-14(23)9-26-10-16(17,18)19/h3-7H,8-10H2,1-2H3,(H,21,23). The number of nitrogens with one attached hydrogen (secondary N) is 1. The van der Waals surface area contributed by atoms with E-state index < -0.39 is 25.3 Å². The quantitative estimate of drug-likeness (QED) is 0.770. The second-order valence-corrected chi connectivity index (χ2v) is 5.18. The van der Waals surface area contributed by atoms with Gasteiger partial charge in [0.1, 0.15) is 19.0 Å². The van der Waals surface area contributed by atoms with Crippen LogP contribution in [0, 0.1) is 0 Å². The number of nitrogens with zero attached hydrogens (tertiary/aromatic N) is 2. The number of ether oxygens (including phenoxy) is 3. The summed E-state index contributed by atoms with van der Waals surface area (Å²) in [6, 6.07) is 6.85. The van der Waals surface area contributed by atoms with E-state index in [1.165, 1.54) is 31.2 Å². The molecule has 1 aromatic heterocycles. The van der Waals surface area contributed by atoms with E-state index in [-0.39, 0.29) is 6.54 Å². The Morgan fingerprint density at radius 3 is 2.65 bits per heavy atom. The number of para-hydroxylation sites is 1. The highest BCUT2D eigenvalue weighted by molar-refractivity contribution is 5.90. The van der Waals surface area contributed by atoms with E-state index in [9.17, 15) is 18.0 Å². The van der Waals surface area contributed by atoms with Crippen molar-refractivity contribution in [3.8, 4) is 11.5 Å². The van der Waals surface area contributed by atoms with Crippen LogP contribution in [0.25, 0.3) is 0 Å². The van der Waals surface area contributed by atoms with Crippen LogP contribution in [0.4, 0.5) is 19.0 Å². The first-order valence-electron chi connectivity index (χ1n) is 7.50. The summed E-state index contributed by atoms with van der Waals surface area (Å²) in [5, 5.41) is 6.56. The van der Waals surface area contributed by atoms with Crippen LogP contribution in [0.5, 0.6) is 11.5 Å². The highest BCUT2D eigenvalue weighted by atomic mass is 19.4. The first-order valence-corrected chi connectivity index (χ1v) is 7.50. The summed E-state index contributed by atoms with van der Waals surface area (Å²) in [7, 11) is 3.02. The number of halogens is 3. The molecule has 0 unspecified atom stereocenters. The van der Waals surface area contributed by atoms with Crippen LogP contribution in [0.1, 0.15) is 5.56 Å². The van der Waals surface area contributed by atoms with Gasteiger partial charge in [-0.1, -0.05) is 12.1 Å². The third-order valence-corrected chi connectivity index (χ3v) is 3.29. The molecule has 10 heteroatoms. The molecular weight excluding hydrogens is 355 g/mol. The molecule has 2 aromatic rings. The van der Waals surface area contributed by atoms with Gasteiger partial charge in [-0.3, -0.25) is 4.79 Å². The van der Waals surface area contributed by atoms with E-state index in [4.69, 9.17) is 9.47 Å². The summed E-state index contributed by atoms with van der Waals surface area (Å²) in [5.74, 6) is 0.670. The Hall–Kier alpha value is -2.75. The largest absolute Gasteiger partial charge is 0.493 e. The maximum Gasteiger partial charge on any atom is 0.411 e. The predicted molar refractivity (Wildman–Crippen MR) is 86.4 cm³/mol. The number of hydrogen-bond acceptors (Lipinski definition) is 5. The monoisotopic (exact) mass is 373 g/mol. The molecule has 0 radical (unpaired) electrons. The lowest BCUT2D eigenvalue weighted by Crippen LogP contribution is -2.25. The van der Waals surface area contributed by atoms with Crippen LogP contribution in [0.15, 0.2) is 30.5 Å². The second-order valence-electron chi connectivity index (χ2n) is 5.18. The number of benzene rings is 1. The van der Waals surface area contributed by atoms with Crippen molar-refractivity contribution in [1.29, 1.82) is 0 Å². The maximum atomic E-state index is 12.0. The van der Waals surface area contributed by atoms with E-state index in [2.05, 4.69) is 15.2 Å². The zero-order valence-corrected chi connectivity index (χ0v) is 14.2. The van der Waals surface area contributed by atoms with Crippen molar-refractivity contribution in [2.24, 2.45) is 0 Å². The lowest BCUT2D eigenvalue weighted by molar-refractivity contribution is -0.174. The fourth-order valence-corrected chi connectivity index (χ4v) is 2.24. The van der Waals surface area contributed by atoms with Crippen LogP contribution in [-0.2, 0) is 16.1 Å². The van der Waals surface area contributed by atoms with Crippen LogP contribution in [0.2, 0.25) is 0 Å². The van der Waals surface area contributed by atoms with Crippen molar-refractivity contribution in [2.75, 3.05) is 32.8 Å². The predicted octanol–water partition coefficient (Wildman–Crippen LogP) is 2.47. The molecule has 1 aromatic carbocycles. The van der Waals surface area contributed by atoms with Gasteiger partial charge in [-0.2, -0.15) is 18.3 Å². The Morgan fingerprint density at radius 1 is 1.23 bits per heavy atom. The van der Waals surface area contributed by atoms with E-state index >= 15 is 0 Å². The molecule has 2 rings (SSSR count). The van der Waals surface area contributed by atoms with Crippen molar-refractivity contribution in [3.63, 3.8) is 0 Å². The maximum absolute atomic E-state index is 12.0. The number of carbonyl (C=O) groups is 1. The van der Waals surface area contributed by atoms with E-state index in [0.717, 1.165) is 5.56 Å². The molecule has 0 saturated carbocycles. The minimum absolute atomic E-state index is 0.256. The summed E-state index contributed by atoms with van der Waals surface area (Å²) < 4.78 is 52.5. The summed E-state index contributed by atoms with van der Waals surface area (Å²) >= 11 is 0. The average Bonchev–Trinajstić information content (AvgIpc) is 3.00. The zero-order valence-electron chi connectivity index (χ0n) is 14.2. The molecule has 1 N–H and O–H groups in total. The number of amides is 1. The van der Waals surface area contributed by atoms with Gasteiger partial charge in [0.25, 0.3) is 5.91 Å². The van der Waals surface area contributed by atoms with Gasteiger partial charge in [0.05, 0.1) is 27.0 Å². The molecule has 1 amide bonds. The molecule has 142 valence electrons. The van der Waals surface area contributed by atoms with Gasteiger partial charge in [-0.15, -0.1) is 0 Å². The second kappa shape index (κ2) is 8.56. The number of aromatic nitrogens is 2.